The zero-order valence-corrected chi connectivity index (χ0v) is 21.4. The maximum absolute atomic E-state index is 13.5. The summed E-state index contributed by atoms with van der Waals surface area (Å²) >= 11 is 0. The van der Waals surface area contributed by atoms with Gasteiger partial charge in [-0.2, -0.15) is 5.10 Å². The molecule has 1 fully saturated rings. The normalized spacial score (nSPS) is 17.1. The van der Waals surface area contributed by atoms with E-state index < -0.39 is 11.6 Å². The molecule has 1 aromatic heterocycles. The molecule has 2 aliphatic carbocycles. The second-order valence-electron chi connectivity index (χ2n) is 10.3. The molecule has 2 heterocycles. The monoisotopic (exact) mass is 526 g/mol. The quantitative estimate of drug-likeness (QED) is 0.459. The number of nitrogens with one attached hydrogen (secondary N) is 1. The van der Waals surface area contributed by atoms with Crippen LogP contribution in [0.4, 0.5) is 14.5 Å². The number of carbonyl (C=O) groups excluding carboxylic acids is 2. The van der Waals surface area contributed by atoms with Gasteiger partial charge in [0.05, 0.1) is 18.4 Å². The molecule has 0 spiro atoms. The van der Waals surface area contributed by atoms with Crippen molar-refractivity contribution in [3.8, 4) is 0 Å². The Labute approximate surface area is 225 Å². The van der Waals surface area contributed by atoms with Crippen LogP contribution in [0.25, 0.3) is 6.08 Å². The molecule has 39 heavy (non-hydrogen) atoms. The minimum Gasteiger partial charge on any atom is -0.319 e. The number of hydrogen-bond acceptors (Lipinski definition) is 4. The predicted molar refractivity (Wildman–Crippen MR) is 145 cm³/mol. The lowest BCUT2D eigenvalue weighted by Crippen LogP contribution is -2.18. The van der Waals surface area contributed by atoms with Gasteiger partial charge in [0.25, 0.3) is 5.91 Å². The van der Waals surface area contributed by atoms with E-state index >= 15 is 0 Å². The minimum absolute atomic E-state index is 0.00208. The summed E-state index contributed by atoms with van der Waals surface area (Å²) in [5.41, 5.74) is 6.56. The molecule has 2 aromatic carbocycles. The van der Waals surface area contributed by atoms with Crippen molar-refractivity contribution in [2.75, 3.05) is 18.4 Å². The molecule has 0 radical (unpaired) electrons. The van der Waals surface area contributed by atoms with Gasteiger partial charge in [-0.1, -0.05) is 36.4 Å². The van der Waals surface area contributed by atoms with Gasteiger partial charge in [0.1, 0.15) is 0 Å². The van der Waals surface area contributed by atoms with Gasteiger partial charge < -0.3 is 5.32 Å². The van der Waals surface area contributed by atoms with Crippen LogP contribution in [-0.2, 0) is 29.1 Å². The molecular formula is C31H28F2N4O2. The van der Waals surface area contributed by atoms with Gasteiger partial charge in [-0.3, -0.25) is 19.2 Å². The maximum atomic E-state index is 13.5. The van der Waals surface area contributed by atoms with Crippen LogP contribution in [0, 0.1) is 11.6 Å². The summed E-state index contributed by atoms with van der Waals surface area (Å²) in [6.45, 7) is 3.46. The van der Waals surface area contributed by atoms with Crippen LogP contribution in [0.1, 0.15) is 41.5 Å². The van der Waals surface area contributed by atoms with Crippen LogP contribution in [0.15, 0.2) is 77.7 Å². The number of benzene rings is 2. The summed E-state index contributed by atoms with van der Waals surface area (Å²) in [5, 5.41) is 7.02. The molecule has 1 amide bonds. The Hall–Kier alpha value is -4.17. The molecule has 0 atom stereocenters. The predicted octanol–water partition coefficient (Wildman–Crippen LogP) is 5.21. The van der Waals surface area contributed by atoms with Crippen molar-refractivity contribution in [2.24, 2.45) is 0 Å². The standard InChI is InChI=1S/C31H28F2N4O2/c32-28-7-4-21(12-29(28)33)18-37-19-26(16-34-37)35-31(39)23-6-8-30(38)27(15-23)25-13-22-5-3-20(11-24(22)14-25)17-36-9-1-2-10-36/h3-7,11-12,14-16,19H,1-2,8-10,13,17-18H2,(H,35,39). The lowest BCUT2D eigenvalue weighted by atomic mass is 9.91. The fourth-order valence-electron chi connectivity index (χ4n) is 5.43. The maximum Gasteiger partial charge on any atom is 0.255 e. The molecule has 198 valence electrons. The second-order valence-corrected chi connectivity index (χ2v) is 10.3. The highest BCUT2D eigenvalue weighted by Crippen LogP contribution is 2.33. The Bertz CT molecular complexity index is 1560. The third kappa shape index (κ3) is 5.52. The average molecular weight is 527 g/mol. The molecule has 0 unspecified atom stereocenters. The smallest absolute Gasteiger partial charge is 0.255 e. The van der Waals surface area contributed by atoms with E-state index in [0.29, 0.717) is 28.8 Å². The van der Waals surface area contributed by atoms with Crippen LogP contribution in [0.3, 0.4) is 0 Å². The summed E-state index contributed by atoms with van der Waals surface area (Å²) < 4.78 is 28.2. The summed E-state index contributed by atoms with van der Waals surface area (Å²) in [4.78, 5) is 28.3. The largest absolute Gasteiger partial charge is 0.319 e. The number of allylic oxidation sites excluding steroid dienone is 3. The first kappa shape index (κ1) is 25.1. The van der Waals surface area contributed by atoms with E-state index in [4.69, 9.17) is 0 Å². The van der Waals surface area contributed by atoms with Gasteiger partial charge in [-0.15, -0.1) is 0 Å². The highest BCUT2D eigenvalue weighted by Gasteiger charge is 2.25. The Morgan fingerprint density at radius 3 is 2.59 bits per heavy atom. The van der Waals surface area contributed by atoms with E-state index in [1.165, 1.54) is 40.9 Å². The van der Waals surface area contributed by atoms with Crippen molar-refractivity contribution in [1.82, 2.24) is 14.7 Å². The van der Waals surface area contributed by atoms with Crippen molar-refractivity contribution in [3.63, 3.8) is 0 Å². The van der Waals surface area contributed by atoms with Crippen LogP contribution < -0.4 is 5.32 Å². The van der Waals surface area contributed by atoms with E-state index in [1.54, 1.807) is 18.3 Å². The van der Waals surface area contributed by atoms with Crippen molar-refractivity contribution >= 4 is 23.5 Å². The van der Waals surface area contributed by atoms with Crippen molar-refractivity contribution in [1.29, 1.82) is 0 Å². The molecule has 8 heteroatoms. The zero-order valence-electron chi connectivity index (χ0n) is 21.4. The molecule has 1 aliphatic heterocycles. The fraction of sp³-hybridized carbons (Fsp3) is 0.258. The van der Waals surface area contributed by atoms with E-state index in [1.807, 2.05) is 0 Å². The Kier molecular flexibility index (Phi) is 6.79. The number of nitrogens with zero attached hydrogens (tertiary/aromatic N) is 3. The number of aromatic nitrogens is 2. The van der Waals surface area contributed by atoms with Crippen molar-refractivity contribution < 1.29 is 18.4 Å². The number of Topliss-reactive ketones (excluding diaryl/α,β-unsaturated/α-hetero) is 1. The molecule has 6 rings (SSSR count). The van der Waals surface area contributed by atoms with E-state index in [9.17, 15) is 18.4 Å². The fourth-order valence-corrected chi connectivity index (χ4v) is 5.43. The number of carbonyl (C=O) groups is 2. The number of ketones is 1. The second kappa shape index (κ2) is 10.5. The van der Waals surface area contributed by atoms with E-state index in [0.717, 1.165) is 42.9 Å². The molecular weight excluding hydrogens is 498 g/mol. The van der Waals surface area contributed by atoms with Crippen molar-refractivity contribution in [3.05, 3.63) is 112 Å². The third-order valence-electron chi connectivity index (χ3n) is 7.46. The van der Waals surface area contributed by atoms with Crippen molar-refractivity contribution in [2.45, 2.75) is 38.8 Å². The topological polar surface area (TPSA) is 67.2 Å². The number of hydrogen-bond donors (Lipinski definition) is 1. The number of fused-ring (bicyclic) bond motifs is 1. The van der Waals surface area contributed by atoms with Gasteiger partial charge in [0.15, 0.2) is 17.4 Å². The molecule has 1 N–H and O–H groups in total. The third-order valence-corrected chi connectivity index (χ3v) is 7.46. The summed E-state index contributed by atoms with van der Waals surface area (Å²) in [7, 11) is 0. The highest BCUT2D eigenvalue weighted by molar-refractivity contribution is 6.12. The van der Waals surface area contributed by atoms with Gasteiger partial charge in [-0.25, -0.2) is 8.78 Å². The molecule has 3 aromatic rings. The Morgan fingerprint density at radius 1 is 0.974 bits per heavy atom. The molecule has 6 nitrogen and oxygen atoms in total. The first-order valence-electron chi connectivity index (χ1n) is 13.2. The number of rotatable bonds is 7. The summed E-state index contributed by atoms with van der Waals surface area (Å²) in [5.74, 6) is -2.16. The SMILES string of the molecule is O=C1CC=C(C(=O)Nc2cnn(Cc3ccc(F)c(F)c3)c2)C=C1C1=Cc2cc(CN3CCCC3)ccc2C1. The van der Waals surface area contributed by atoms with Gasteiger partial charge >= 0.3 is 0 Å². The highest BCUT2D eigenvalue weighted by atomic mass is 19.2. The zero-order chi connectivity index (χ0) is 26.9. The van der Waals surface area contributed by atoms with Gasteiger partial charge in [0, 0.05) is 30.3 Å². The van der Waals surface area contributed by atoms with Crippen LogP contribution in [0.5, 0.6) is 0 Å². The van der Waals surface area contributed by atoms with Crippen LogP contribution >= 0.6 is 0 Å². The minimum atomic E-state index is -0.919. The van der Waals surface area contributed by atoms with Gasteiger partial charge in [-0.05, 0) is 78.4 Å². The first-order valence-corrected chi connectivity index (χ1v) is 13.2. The summed E-state index contributed by atoms with van der Waals surface area (Å²) in [6.07, 6.45) is 11.9. The molecule has 0 saturated carbocycles. The number of anilines is 1. The lowest BCUT2D eigenvalue weighted by Gasteiger charge is -2.15. The number of amides is 1. The number of halogens is 2. The van der Waals surface area contributed by atoms with E-state index in [2.05, 4.69) is 39.6 Å². The van der Waals surface area contributed by atoms with Gasteiger partial charge in [0.2, 0.25) is 0 Å². The molecule has 1 saturated heterocycles. The lowest BCUT2D eigenvalue weighted by molar-refractivity contribution is -0.114. The van der Waals surface area contributed by atoms with Crippen LogP contribution in [-0.4, -0.2) is 39.5 Å². The Balaban J connectivity index is 1.13. The Morgan fingerprint density at radius 2 is 1.77 bits per heavy atom. The number of likely N-dealkylation sites (tertiary alicyclic amines) is 1. The van der Waals surface area contributed by atoms with E-state index in [-0.39, 0.29) is 24.7 Å². The summed E-state index contributed by atoms with van der Waals surface area (Å²) in [6, 6.07) is 10.2. The molecule has 3 aliphatic rings. The average Bonchev–Trinajstić information content (AvgIpc) is 3.68. The first-order chi connectivity index (χ1) is 18.9. The van der Waals surface area contributed by atoms with Crippen LogP contribution in [0.2, 0.25) is 0 Å². The molecule has 0 bridgehead atoms.